The fraction of sp³-hybridized carbons (Fsp3) is 0.133. The molecule has 66 heavy (non-hydrogen) atoms. The minimum Gasteiger partial charge on any atom is -0.311 e. The van der Waals surface area contributed by atoms with E-state index in [-0.39, 0.29) is 30.9 Å². The molecule has 0 fully saturated rings. The predicted molar refractivity (Wildman–Crippen MR) is 281 cm³/mol. The summed E-state index contributed by atoms with van der Waals surface area (Å²) in [6.45, 7) is 13.5. The van der Waals surface area contributed by atoms with Crippen LogP contribution in [0.3, 0.4) is 0 Å². The van der Waals surface area contributed by atoms with Gasteiger partial charge in [-0.1, -0.05) is 158 Å². The molecule has 0 atom stereocenters. The van der Waals surface area contributed by atoms with E-state index in [4.69, 9.17) is 0 Å². The van der Waals surface area contributed by atoms with Gasteiger partial charge >= 0.3 is 0 Å². The van der Waals surface area contributed by atoms with E-state index in [0.717, 1.165) is 65.2 Å². The molecule has 0 aliphatic rings. The van der Waals surface area contributed by atoms with E-state index in [1.165, 1.54) is 27.8 Å². The Morgan fingerprint density at radius 3 is 1.12 bits per heavy atom. The summed E-state index contributed by atoms with van der Waals surface area (Å²) >= 11 is 7.10. The standard InChI is InChI=1S/C37H37N2.C23H14Br2N.Ir/c1-36(2,3)30-15-21-33(22-16-30)39(34-23-17-31(18-24-34)37(4,5)6)32-19-13-27(14-20-32)28-10-9-11-29(26-28)35-12-7-8-25-38-35;24-21-13-20(14-22(25)15-21)17-9-7-16(8-10-17)18-4-3-5-19(12-18)23-6-1-2-11-26-23;/h7-10,12-26H,1-6H3;1-4,6-15H;/q2*-1;. The van der Waals surface area contributed by atoms with Crippen molar-refractivity contribution in [3.05, 3.63) is 233 Å². The fourth-order valence-electron chi connectivity index (χ4n) is 7.68. The molecule has 0 bridgehead atoms. The molecule has 0 N–H and O–H groups in total. The molecule has 2 heterocycles. The maximum absolute atomic E-state index is 4.49. The molecule has 3 nitrogen and oxygen atoms in total. The van der Waals surface area contributed by atoms with Gasteiger partial charge in [0.1, 0.15) is 0 Å². The van der Waals surface area contributed by atoms with Gasteiger partial charge in [-0.3, -0.25) is 0 Å². The first-order valence-corrected chi connectivity index (χ1v) is 23.4. The average Bonchev–Trinajstić information content (AvgIpc) is 3.32. The van der Waals surface area contributed by atoms with Crippen LogP contribution in [0.25, 0.3) is 55.9 Å². The molecule has 0 aliphatic carbocycles. The summed E-state index contributed by atoms with van der Waals surface area (Å²) in [7, 11) is 0. The van der Waals surface area contributed by atoms with Crippen molar-refractivity contribution >= 4 is 48.9 Å². The molecule has 0 saturated heterocycles. The third kappa shape index (κ3) is 12.0. The van der Waals surface area contributed by atoms with Crippen LogP contribution in [-0.2, 0) is 30.9 Å². The second-order valence-corrected chi connectivity index (χ2v) is 20.0. The molecule has 0 saturated carbocycles. The van der Waals surface area contributed by atoms with E-state index in [1.54, 1.807) is 6.20 Å². The molecule has 9 aromatic rings. The second-order valence-electron chi connectivity index (χ2n) is 18.1. The van der Waals surface area contributed by atoms with Crippen molar-refractivity contribution in [2.45, 2.75) is 52.4 Å². The van der Waals surface area contributed by atoms with Crippen molar-refractivity contribution in [1.82, 2.24) is 9.97 Å². The Kier molecular flexibility index (Phi) is 15.5. The van der Waals surface area contributed by atoms with Crippen LogP contribution in [0, 0.1) is 12.1 Å². The zero-order chi connectivity index (χ0) is 45.6. The monoisotopic (exact) mass is 1160 g/mol. The summed E-state index contributed by atoms with van der Waals surface area (Å²) in [6, 6.07) is 72.6. The Bertz CT molecular complexity index is 2900. The van der Waals surface area contributed by atoms with Crippen LogP contribution in [0.4, 0.5) is 17.1 Å². The zero-order valence-electron chi connectivity index (χ0n) is 38.0. The maximum atomic E-state index is 4.49. The first kappa shape index (κ1) is 48.2. The van der Waals surface area contributed by atoms with Crippen molar-refractivity contribution in [3.63, 3.8) is 0 Å². The van der Waals surface area contributed by atoms with Gasteiger partial charge in [-0.2, -0.15) is 0 Å². The number of benzene rings is 7. The van der Waals surface area contributed by atoms with E-state index in [9.17, 15) is 0 Å². The molecule has 0 unspecified atom stereocenters. The predicted octanol–water partition coefficient (Wildman–Crippen LogP) is 17.7. The maximum Gasteiger partial charge on any atom is 0.0462 e. The first-order valence-electron chi connectivity index (χ1n) is 21.8. The van der Waals surface area contributed by atoms with E-state index in [1.807, 2.05) is 60.8 Å². The molecule has 1 radical (unpaired) electrons. The van der Waals surface area contributed by atoms with Crippen LogP contribution in [0.2, 0.25) is 0 Å². The molecular formula is C60H51Br2IrN3-2. The summed E-state index contributed by atoms with van der Waals surface area (Å²) in [6.07, 6.45) is 3.63. The van der Waals surface area contributed by atoms with Crippen LogP contribution in [0.15, 0.2) is 209 Å². The number of anilines is 3. The van der Waals surface area contributed by atoms with Crippen molar-refractivity contribution in [2.24, 2.45) is 0 Å². The van der Waals surface area contributed by atoms with Gasteiger partial charge < -0.3 is 14.9 Å². The Morgan fingerprint density at radius 2 is 0.758 bits per heavy atom. The Hall–Kier alpha value is -5.75. The molecule has 331 valence electrons. The molecule has 0 spiro atoms. The largest absolute Gasteiger partial charge is 0.311 e. The van der Waals surface area contributed by atoms with E-state index in [2.05, 4.69) is 234 Å². The minimum atomic E-state index is 0. The van der Waals surface area contributed by atoms with Crippen LogP contribution in [0.1, 0.15) is 52.7 Å². The third-order valence-corrected chi connectivity index (χ3v) is 12.3. The minimum absolute atomic E-state index is 0. The first-order chi connectivity index (χ1) is 31.3. The molecule has 2 aromatic heterocycles. The molecule has 0 amide bonds. The SMILES string of the molecule is Brc1cc(Br)cc(-c2ccc(-c3cc[c-]c(-c4ccccn4)c3)cc2)c1.CC(C)(C)c1ccc(N(c2ccc(-c3cc[c-]c(-c4ccccn4)c3)cc2)c2ccc(C(C)(C)C)cc2)cc1.[Ir]. The number of halogens is 2. The number of aromatic nitrogens is 2. The van der Waals surface area contributed by atoms with Crippen LogP contribution >= 0.6 is 31.9 Å². The van der Waals surface area contributed by atoms with E-state index in [0.29, 0.717) is 0 Å². The van der Waals surface area contributed by atoms with Crippen molar-refractivity contribution in [1.29, 1.82) is 0 Å². The van der Waals surface area contributed by atoms with E-state index >= 15 is 0 Å². The van der Waals surface area contributed by atoms with E-state index < -0.39 is 0 Å². The number of hydrogen-bond donors (Lipinski definition) is 0. The number of hydrogen-bond acceptors (Lipinski definition) is 3. The summed E-state index contributed by atoms with van der Waals surface area (Å²) in [5.74, 6) is 0. The molecule has 0 aliphatic heterocycles. The zero-order valence-corrected chi connectivity index (χ0v) is 43.6. The normalized spacial score (nSPS) is 11.2. The second kappa shape index (κ2) is 21.3. The summed E-state index contributed by atoms with van der Waals surface area (Å²) in [5.41, 5.74) is 17.2. The smallest absolute Gasteiger partial charge is 0.0462 e. The van der Waals surface area contributed by atoms with Crippen LogP contribution < -0.4 is 4.90 Å². The van der Waals surface area contributed by atoms with Crippen molar-refractivity contribution in [3.8, 4) is 55.9 Å². The van der Waals surface area contributed by atoms with Gasteiger partial charge in [0.2, 0.25) is 0 Å². The number of rotatable bonds is 8. The van der Waals surface area contributed by atoms with Gasteiger partial charge in [-0.05, 0) is 122 Å². The van der Waals surface area contributed by atoms with Gasteiger partial charge in [-0.25, -0.2) is 0 Å². The Morgan fingerprint density at radius 1 is 0.394 bits per heavy atom. The van der Waals surface area contributed by atoms with Crippen LogP contribution in [-0.4, -0.2) is 9.97 Å². The average molecular weight is 1170 g/mol. The van der Waals surface area contributed by atoms with Crippen molar-refractivity contribution in [2.75, 3.05) is 4.90 Å². The molecule has 9 rings (SSSR count). The summed E-state index contributed by atoms with van der Waals surface area (Å²) in [4.78, 5) is 11.2. The van der Waals surface area contributed by atoms with Gasteiger partial charge in [-0.15, -0.1) is 70.8 Å². The number of pyridine rings is 2. The fourth-order valence-corrected chi connectivity index (χ4v) is 8.97. The van der Waals surface area contributed by atoms with Gasteiger partial charge in [0.05, 0.1) is 0 Å². The van der Waals surface area contributed by atoms with Crippen molar-refractivity contribution < 1.29 is 20.1 Å². The Balaban J connectivity index is 0.000000209. The summed E-state index contributed by atoms with van der Waals surface area (Å²) in [5, 5.41) is 0. The summed E-state index contributed by atoms with van der Waals surface area (Å²) < 4.78 is 2.12. The Labute approximate surface area is 421 Å². The molecular weight excluding hydrogens is 1110 g/mol. The topological polar surface area (TPSA) is 29.0 Å². The van der Waals surface area contributed by atoms with Gasteiger partial charge in [0.15, 0.2) is 0 Å². The quantitative estimate of drug-likeness (QED) is 0.142. The van der Waals surface area contributed by atoms with Gasteiger partial charge in [0.25, 0.3) is 0 Å². The third-order valence-electron chi connectivity index (χ3n) is 11.3. The molecule has 6 heteroatoms. The molecule has 7 aromatic carbocycles. The number of nitrogens with zero attached hydrogens (tertiary/aromatic N) is 3. The van der Waals surface area contributed by atoms with Crippen LogP contribution in [0.5, 0.6) is 0 Å². The van der Waals surface area contributed by atoms with Gasteiger partial charge in [0, 0.05) is 58.5 Å².